The molecule has 0 radical (unpaired) electrons. The standard InChI is InChI=1S/C27H34N2O4S2/c1-29(2)25(31)15-10-20-8-11-21(12-9-20)22-13-14-23(35-22)27(16-4-6-18-34-27)19-24(30)28-33-26-7-3-5-17-32-26/h8-15,26H,3-7,16-19H2,1-2H3,(H,28,30)/t26?,27-/m0/s1. The van der Waals surface area contributed by atoms with Crippen LogP contribution in [-0.2, 0) is 23.9 Å². The van der Waals surface area contributed by atoms with Crippen molar-refractivity contribution >= 4 is 41.0 Å². The average molecular weight is 515 g/mol. The third-order valence-electron chi connectivity index (χ3n) is 6.35. The van der Waals surface area contributed by atoms with E-state index in [2.05, 4.69) is 29.7 Å². The maximum absolute atomic E-state index is 12.9. The van der Waals surface area contributed by atoms with Gasteiger partial charge in [-0.3, -0.25) is 9.59 Å². The third kappa shape index (κ3) is 6.97. The topological polar surface area (TPSA) is 67.9 Å². The average Bonchev–Trinajstić information content (AvgIpc) is 3.39. The number of hydrogen-bond acceptors (Lipinski definition) is 6. The lowest BCUT2D eigenvalue weighted by atomic mass is 9.94. The molecule has 2 aliphatic heterocycles. The van der Waals surface area contributed by atoms with Crippen LogP contribution in [0.25, 0.3) is 16.5 Å². The van der Waals surface area contributed by atoms with Crippen LogP contribution >= 0.6 is 23.1 Å². The van der Waals surface area contributed by atoms with E-state index >= 15 is 0 Å². The Morgan fingerprint density at radius 1 is 1.14 bits per heavy atom. The number of amides is 2. The summed E-state index contributed by atoms with van der Waals surface area (Å²) in [6.07, 6.45) is 9.67. The molecular formula is C27H34N2O4S2. The molecule has 4 rings (SSSR count). The van der Waals surface area contributed by atoms with Crippen LogP contribution in [0, 0.1) is 0 Å². The molecule has 6 nitrogen and oxygen atoms in total. The van der Waals surface area contributed by atoms with Gasteiger partial charge in [0, 0.05) is 49.4 Å². The molecule has 1 aromatic heterocycles. The van der Waals surface area contributed by atoms with Gasteiger partial charge in [-0.2, -0.15) is 0 Å². The number of nitrogens with zero attached hydrogens (tertiary/aromatic N) is 1. The fourth-order valence-corrected chi connectivity index (χ4v) is 7.21. The van der Waals surface area contributed by atoms with Gasteiger partial charge < -0.3 is 9.64 Å². The first-order valence-electron chi connectivity index (χ1n) is 12.3. The molecular weight excluding hydrogens is 480 g/mol. The second-order valence-electron chi connectivity index (χ2n) is 9.27. The number of carbonyl (C=O) groups excluding carboxylic acids is 2. The van der Waals surface area contributed by atoms with Crippen LogP contribution in [0.5, 0.6) is 0 Å². The van der Waals surface area contributed by atoms with Crippen LogP contribution in [0.15, 0.2) is 42.5 Å². The van der Waals surface area contributed by atoms with E-state index in [1.165, 1.54) is 16.2 Å². The second-order valence-corrected chi connectivity index (χ2v) is 11.8. The quantitative estimate of drug-likeness (QED) is 0.367. The molecule has 3 heterocycles. The summed E-state index contributed by atoms with van der Waals surface area (Å²) in [7, 11) is 3.48. The lowest BCUT2D eigenvalue weighted by molar-refractivity contribution is -0.200. The van der Waals surface area contributed by atoms with E-state index in [0.717, 1.165) is 49.0 Å². The van der Waals surface area contributed by atoms with Gasteiger partial charge in [-0.05, 0) is 60.8 Å². The Hall–Kier alpha value is -2.13. The number of carbonyl (C=O) groups is 2. The number of hydrogen-bond donors (Lipinski definition) is 1. The second kappa shape index (κ2) is 12.2. The number of likely N-dealkylation sites (N-methyl/N-ethyl adjacent to an activating group) is 1. The Bertz CT molecular complexity index is 1020. The number of hydroxylamine groups is 1. The predicted molar refractivity (Wildman–Crippen MR) is 143 cm³/mol. The van der Waals surface area contributed by atoms with Gasteiger partial charge in [0.05, 0.1) is 4.75 Å². The van der Waals surface area contributed by atoms with Crippen LogP contribution in [0.4, 0.5) is 0 Å². The molecule has 0 spiro atoms. The molecule has 2 aromatic rings. The van der Waals surface area contributed by atoms with Crippen molar-refractivity contribution in [1.29, 1.82) is 0 Å². The number of rotatable bonds is 8. The minimum atomic E-state index is -0.338. The van der Waals surface area contributed by atoms with Crippen molar-refractivity contribution in [3.8, 4) is 10.4 Å². The molecule has 188 valence electrons. The number of thiophene rings is 1. The van der Waals surface area contributed by atoms with Crippen LogP contribution in [0.1, 0.15) is 55.4 Å². The van der Waals surface area contributed by atoms with Crippen LogP contribution in [0.3, 0.4) is 0 Å². The Balaban J connectivity index is 1.43. The van der Waals surface area contributed by atoms with Gasteiger partial charge in [0.1, 0.15) is 0 Å². The highest BCUT2D eigenvalue weighted by Gasteiger charge is 2.38. The van der Waals surface area contributed by atoms with E-state index in [0.29, 0.717) is 13.0 Å². The van der Waals surface area contributed by atoms with E-state index in [1.807, 2.05) is 30.0 Å². The van der Waals surface area contributed by atoms with Gasteiger partial charge >= 0.3 is 0 Å². The van der Waals surface area contributed by atoms with E-state index in [1.54, 1.807) is 36.4 Å². The van der Waals surface area contributed by atoms with Crippen LogP contribution < -0.4 is 5.48 Å². The fourth-order valence-electron chi connectivity index (χ4n) is 4.32. The summed E-state index contributed by atoms with van der Waals surface area (Å²) in [4.78, 5) is 34.2. The summed E-state index contributed by atoms with van der Waals surface area (Å²) in [6.45, 7) is 0.684. The van der Waals surface area contributed by atoms with E-state index in [-0.39, 0.29) is 22.9 Å². The minimum absolute atomic E-state index is 0.0343. The van der Waals surface area contributed by atoms with Gasteiger partial charge in [-0.1, -0.05) is 30.7 Å². The Morgan fingerprint density at radius 3 is 2.66 bits per heavy atom. The molecule has 8 heteroatoms. The van der Waals surface area contributed by atoms with Gasteiger partial charge in [-0.15, -0.1) is 23.1 Å². The molecule has 2 amide bonds. The summed E-state index contributed by atoms with van der Waals surface area (Å²) < 4.78 is 5.34. The molecule has 1 aromatic carbocycles. The Labute approximate surface area is 216 Å². The molecule has 1 N–H and O–H groups in total. The van der Waals surface area contributed by atoms with E-state index < -0.39 is 0 Å². The number of benzene rings is 1. The first-order chi connectivity index (χ1) is 16.9. The molecule has 2 fully saturated rings. The highest BCUT2D eigenvalue weighted by Crippen LogP contribution is 2.50. The third-order valence-corrected chi connectivity index (χ3v) is 9.43. The summed E-state index contributed by atoms with van der Waals surface area (Å²) in [5.74, 6) is 0.930. The van der Waals surface area contributed by atoms with Gasteiger partial charge in [0.15, 0.2) is 6.29 Å². The van der Waals surface area contributed by atoms with Crippen molar-refractivity contribution in [3.05, 3.63) is 52.9 Å². The fraction of sp³-hybridized carbons (Fsp3) is 0.481. The lowest BCUT2D eigenvalue weighted by Crippen LogP contribution is -2.37. The van der Waals surface area contributed by atoms with Crippen LogP contribution in [-0.4, -0.2) is 49.5 Å². The van der Waals surface area contributed by atoms with Crippen molar-refractivity contribution in [1.82, 2.24) is 10.4 Å². The smallest absolute Gasteiger partial charge is 0.246 e. The summed E-state index contributed by atoms with van der Waals surface area (Å²) in [6, 6.07) is 12.6. The summed E-state index contributed by atoms with van der Waals surface area (Å²) in [5, 5.41) is 0. The normalized spacial score (nSPS) is 22.7. The zero-order valence-electron chi connectivity index (χ0n) is 20.5. The molecule has 35 heavy (non-hydrogen) atoms. The van der Waals surface area contributed by atoms with Crippen LogP contribution in [0.2, 0.25) is 0 Å². The molecule has 2 saturated heterocycles. The minimum Gasteiger partial charge on any atom is -0.350 e. The molecule has 0 saturated carbocycles. The molecule has 2 aliphatic rings. The molecule has 0 bridgehead atoms. The monoisotopic (exact) mass is 514 g/mol. The maximum Gasteiger partial charge on any atom is 0.246 e. The Kier molecular flexibility index (Phi) is 9.05. The van der Waals surface area contributed by atoms with Crippen molar-refractivity contribution in [2.45, 2.75) is 56.0 Å². The van der Waals surface area contributed by atoms with Crippen molar-refractivity contribution in [2.75, 3.05) is 26.5 Å². The predicted octanol–water partition coefficient (Wildman–Crippen LogP) is 5.59. The van der Waals surface area contributed by atoms with Crippen molar-refractivity contribution in [3.63, 3.8) is 0 Å². The largest absolute Gasteiger partial charge is 0.350 e. The van der Waals surface area contributed by atoms with Crippen molar-refractivity contribution in [2.24, 2.45) is 0 Å². The van der Waals surface area contributed by atoms with Gasteiger partial charge in [-0.25, -0.2) is 10.3 Å². The molecule has 1 unspecified atom stereocenters. The number of thioether (sulfide) groups is 1. The Morgan fingerprint density at radius 2 is 1.97 bits per heavy atom. The van der Waals surface area contributed by atoms with Crippen molar-refractivity contribution < 1.29 is 19.2 Å². The zero-order valence-corrected chi connectivity index (χ0v) is 22.1. The summed E-state index contributed by atoms with van der Waals surface area (Å²) >= 11 is 3.66. The molecule has 2 atom stereocenters. The number of nitrogens with one attached hydrogen (secondary N) is 1. The highest BCUT2D eigenvalue weighted by atomic mass is 32.2. The zero-order chi connectivity index (χ0) is 24.7. The van der Waals surface area contributed by atoms with Gasteiger partial charge in [0.2, 0.25) is 11.8 Å². The molecule has 0 aliphatic carbocycles. The number of ether oxygens (including phenoxy) is 1. The highest BCUT2D eigenvalue weighted by molar-refractivity contribution is 8.00. The first-order valence-corrected chi connectivity index (χ1v) is 14.1. The first kappa shape index (κ1) is 25.9. The SMILES string of the molecule is CN(C)C(=O)C=Cc1ccc(-c2ccc([C@@]3(CC(=O)NOC4CCCCO4)CCCCS3)s2)cc1. The van der Waals surface area contributed by atoms with Gasteiger partial charge in [0.25, 0.3) is 0 Å². The van der Waals surface area contributed by atoms with E-state index in [4.69, 9.17) is 9.57 Å². The lowest BCUT2D eigenvalue weighted by Gasteiger charge is -2.35. The summed E-state index contributed by atoms with van der Waals surface area (Å²) in [5.41, 5.74) is 4.78. The maximum atomic E-state index is 12.9. The van der Waals surface area contributed by atoms with E-state index in [9.17, 15) is 9.59 Å².